The van der Waals surface area contributed by atoms with Crippen molar-refractivity contribution in [2.75, 3.05) is 33.9 Å². The Balaban J connectivity index is 1.49. The number of unbranched alkanes of at least 4 members (excludes halogenated alkanes) is 3. The van der Waals surface area contributed by atoms with Crippen molar-refractivity contribution in [3.05, 3.63) is 59.7 Å². The Kier molecular flexibility index (Phi) is 9.72. The number of nitrogens with one attached hydrogen (secondary N) is 2. The molecule has 2 aromatic rings. The first-order valence-electron chi connectivity index (χ1n) is 9.94. The first-order chi connectivity index (χ1) is 14.1. The molecule has 0 unspecified atom stereocenters. The van der Waals surface area contributed by atoms with Gasteiger partial charge in [0.05, 0.1) is 20.8 Å². The molecule has 0 aliphatic rings. The fourth-order valence-corrected chi connectivity index (χ4v) is 2.86. The number of ketones is 1. The average molecular weight is 399 g/mol. The Morgan fingerprint density at radius 1 is 0.724 bits per heavy atom. The zero-order chi connectivity index (χ0) is 20.9. The van der Waals surface area contributed by atoms with Crippen LogP contribution in [0.1, 0.15) is 46.4 Å². The van der Waals surface area contributed by atoms with Crippen LogP contribution in [0.3, 0.4) is 0 Å². The van der Waals surface area contributed by atoms with Gasteiger partial charge in [-0.1, -0.05) is 12.8 Å². The number of amides is 1. The molecule has 0 bridgehead atoms. The lowest BCUT2D eigenvalue weighted by molar-refractivity contribution is 0.0951. The summed E-state index contributed by atoms with van der Waals surface area (Å²) in [6.07, 6.45) is 4.04. The van der Waals surface area contributed by atoms with E-state index in [1.54, 1.807) is 62.8 Å². The molecule has 0 atom stereocenters. The van der Waals surface area contributed by atoms with E-state index in [0.29, 0.717) is 24.2 Å². The summed E-state index contributed by atoms with van der Waals surface area (Å²) < 4.78 is 10.2. The normalized spacial score (nSPS) is 10.4. The second kappa shape index (κ2) is 12.6. The number of ether oxygens (including phenoxy) is 2. The minimum Gasteiger partial charge on any atom is -0.497 e. The predicted octanol–water partition coefficient (Wildman–Crippen LogP) is 3.47. The maximum atomic E-state index is 12.1. The third kappa shape index (κ3) is 7.95. The lowest BCUT2D eigenvalue weighted by Gasteiger charge is -2.07. The van der Waals surface area contributed by atoms with Crippen molar-refractivity contribution in [3.63, 3.8) is 0 Å². The van der Waals surface area contributed by atoms with Crippen molar-refractivity contribution in [3.8, 4) is 11.5 Å². The highest BCUT2D eigenvalue weighted by molar-refractivity contribution is 5.97. The number of carbonyl (C=O) groups excluding carboxylic acids is 2. The van der Waals surface area contributed by atoms with Gasteiger partial charge in [0.2, 0.25) is 0 Å². The third-order valence-electron chi connectivity index (χ3n) is 4.62. The topological polar surface area (TPSA) is 76.7 Å². The van der Waals surface area contributed by atoms with Gasteiger partial charge in [-0.15, -0.1) is 0 Å². The van der Waals surface area contributed by atoms with Crippen molar-refractivity contribution < 1.29 is 19.1 Å². The van der Waals surface area contributed by atoms with Crippen molar-refractivity contribution in [1.82, 2.24) is 10.6 Å². The molecule has 156 valence electrons. The summed E-state index contributed by atoms with van der Waals surface area (Å²) in [5.41, 5.74) is 1.32. The molecular formula is C23H30N2O4. The van der Waals surface area contributed by atoms with Gasteiger partial charge >= 0.3 is 0 Å². The number of Topliss-reactive ketones (excluding diaryl/α,β-unsaturated/α-hetero) is 1. The number of hydrogen-bond donors (Lipinski definition) is 2. The second-order valence-electron chi connectivity index (χ2n) is 6.73. The Morgan fingerprint density at radius 3 is 1.79 bits per heavy atom. The third-order valence-corrected chi connectivity index (χ3v) is 4.62. The Labute approximate surface area is 172 Å². The first kappa shape index (κ1) is 22.4. The van der Waals surface area contributed by atoms with Gasteiger partial charge in [0, 0.05) is 17.7 Å². The van der Waals surface area contributed by atoms with E-state index in [2.05, 4.69) is 10.6 Å². The van der Waals surface area contributed by atoms with Crippen LogP contribution < -0.4 is 20.1 Å². The van der Waals surface area contributed by atoms with E-state index in [0.717, 1.165) is 43.7 Å². The molecule has 2 N–H and O–H groups in total. The molecule has 0 spiro atoms. The molecule has 0 aliphatic carbocycles. The van der Waals surface area contributed by atoms with Crippen molar-refractivity contribution >= 4 is 11.7 Å². The quantitative estimate of drug-likeness (QED) is 0.399. The molecule has 6 nitrogen and oxygen atoms in total. The fourth-order valence-electron chi connectivity index (χ4n) is 2.86. The second-order valence-corrected chi connectivity index (χ2v) is 6.73. The lowest BCUT2D eigenvalue weighted by atomic mass is 10.1. The van der Waals surface area contributed by atoms with E-state index < -0.39 is 0 Å². The van der Waals surface area contributed by atoms with Gasteiger partial charge in [-0.25, -0.2) is 0 Å². The molecular weight excluding hydrogens is 368 g/mol. The van der Waals surface area contributed by atoms with Gasteiger partial charge < -0.3 is 20.1 Å². The van der Waals surface area contributed by atoms with Crippen LogP contribution in [-0.4, -0.2) is 45.5 Å². The number of carbonyl (C=O) groups is 2. The zero-order valence-electron chi connectivity index (χ0n) is 17.2. The Morgan fingerprint density at radius 2 is 1.24 bits per heavy atom. The zero-order valence-corrected chi connectivity index (χ0v) is 17.2. The van der Waals surface area contributed by atoms with Crippen LogP contribution in [-0.2, 0) is 0 Å². The summed E-state index contributed by atoms with van der Waals surface area (Å²) in [6, 6.07) is 14.2. The van der Waals surface area contributed by atoms with Crippen LogP contribution >= 0.6 is 0 Å². The minimum atomic E-state index is -0.0636. The number of methoxy groups -OCH3 is 2. The van der Waals surface area contributed by atoms with Crippen LogP contribution in [0.25, 0.3) is 0 Å². The van der Waals surface area contributed by atoms with Crippen molar-refractivity contribution in [2.24, 2.45) is 0 Å². The first-order valence-corrected chi connectivity index (χ1v) is 9.94. The van der Waals surface area contributed by atoms with Gasteiger partial charge in [-0.05, 0) is 67.9 Å². The highest BCUT2D eigenvalue weighted by Gasteiger charge is 2.06. The Bertz CT molecular complexity index is 692. The van der Waals surface area contributed by atoms with Gasteiger partial charge in [0.15, 0.2) is 5.78 Å². The molecule has 6 heteroatoms. The van der Waals surface area contributed by atoms with Crippen LogP contribution in [0.4, 0.5) is 0 Å². The summed E-state index contributed by atoms with van der Waals surface area (Å²) in [5.74, 6) is 1.50. The molecule has 2 rings (SSSR count). The van der Waals surface area contributed by atoms with E-state index in [1.165, 1.54) is 0 Å². The van der Waals surface area contributed by atoms with E-state index in [-0.39, 0.29) is 11.7 Å². The maximum absolute atomic E-state index is 12.1. The fraction of sp³-hybridized carbons (Fsp3) is 0.391. The predicted molar refractivity (Wildman–Crippen MR) is 114 cm³/mol. The maximum Gasteiger partial charge on any atom is 0.251 e. The largest absolute Gasteiger partial charge is 0.497 e. The van der Waals surface area contributed by atoms with E-state index in [9.17, 15) is 9.59 Å². The molecule has 0 aromatic heterocycles. The van der Waals surface area contributed by atoms with Crippen LogP contribution in [0.5, 0.6) is 11.5 Å². The molecule has 0 fully saturated rings. The minimum absolute atomic E-state index is 0.0636. The Hall–Kier alpha value is -2.86. The molecule has 0 saturated carbocycles. The summed E-state index contributed by atoms with van der Waals surface area (Å²) in [4.78, 5) is 24.1. The lowest BCUT2D eigenvalue weighted by Crippen LogP contribution is -2.25. The standard InChI is InChI=1S/C23H30N2O4/c1-28-20-11-7-18(8-12-20)22(26)17-24-15-5-3-4-6-16-25-23(27)19-9-13-21(29-2)14-10-19/h7-14,24H,3-6,15-17H2,1-2H3,(H,25,27). The molecule has 2 aromatic carbocycles. The van der Waals surface area contributed by atoms with E-state index in [1.807, 2.05) is 0 Å². The average Bonchev–Trinajstić information content (AvgIpc) is 2.77. The molecule has 0 heterocycles. The number of hydrogen-bond acceptors (Lipinski definition) is 5. The molecule has 1 amide bonds. The van der Waals surface area contributed by atoms with Gasteiger partial charge in [0.25, 0.3) is 5.91 Å². The van der Waals surface area contributed by atoms with Gasteiger partial charge in [-0.2, -0.15) is 0 Å². The molecule has 0 radical (unpaired) electrons. The molecule has 0 saturated heterocycles. The van der Waals surface area contributed by atoms with Gasteiger partial charge in [0.1, 0.15) is 11.5 Å². The van der Waals surface area contributed by atoms with Gasteiger partial charge in [-0.3, -0.25) is 9.59 Å². The number of benzene rings is 2. The monoisotopic (exact) mass is 398 g/mol. The van der Waals surface area contributed by atoms with Crippen LogP contribution in [0.15, 0.2) is 48.5 Å². The van der Waals surface area contributed by atoms with Crippen LogP contribution in [0, 0.1) is 0 Å². The van der Waals surface area contributed by atoms with Crippen LogP contribution in [0.2, 0.25) is 0 Å². The summed E-state index contributed by atoms with van der Waals surface area (Å²) >= 11 is 0. The highest BCUT2D eigenvalue weighted by Crippen LogP contribution is 2.12. The van der Waals surface area contributed by atoms with E-state index in [4.69, 9.17) is 9.47 Å². The van der Waals surface area contributed by atoms with E-state index >= 15 is 0 Å². The highest BCUT2D eigenvalue weighted by atomic mass is 16.5. The van der Waals surface area contributed by atoms with Crippen molar-refractivity contribution in [1.29, 1.82) is 0 Å². The molecule has 0 aliphatic heterocycles. The number of rotatable bonds is 13. The summed E-state index contributed by atoms with van der Waals surface area (Å²) in [6.45, 7) is 1.80. The van der Waals surface area contributed by atoms with Crippen molar-refractivity contribution in [2.45, 2.75) is 25.7 Å². The smallest absolute Gasteiger partial charge is 0.251 e. The molecule has 29 heavy (non-hydrogen) atoms. The summed E-state index contributed by atoms with van der Waals surface area (Å²) in [5, 5.41) is 6.12. The SMILES string of the molecule is COc1ccc(C(=O)CNCCCCCCNC(=O)c2ccc(OC)cc2)cc1. The summed E-state index contributed by atoms with van der Waals surface area (Å²) in [7, 11) is 3.20.